The van der Waals surface area contributed by atoms with Gasteiger partial charge < -0.3 is 9.84 Å². The lowest BCUT2D eigenvalue weighted by Gasteiger charge is -2.58. The van der Waals surface area contributed by atoms with Gasteiger partial charge in [-0.15, -0.1) is 0 Å². The molecule has 1 aliphatic rings. The van der Waals surface area contributed by atoms with Gasteiger partial charge in [0.05, 0.1) is 12.7 Å². The van der Waals surface area contributed by atoms with Gasteiger partial charge in [-0.05, 0) is 46.5 Å². The van der Waals surface area contributed by atoms with Gasteiger partial charge in [0.25, 0.3) is 0 Å². The fourth-order valence-corrected chi connectivity index (χ4v) is 3.70. The van der Waals surface area contributed by atoms with Crippen LogP contribution in [0.3, 0.4) is 0 Å². The number of aliphatic hydroxyl groups is 1. The molecule has 0 aromatic carbocycles. The molecular weight excluding hydrogens is 374 g/mol. The molecule has 1 saturated heterocycles. The van der Waals surface area contributed by atoms with E-state index in [4.69, 9.17) is 9.57 Å². The maximum absolute atomic E-state index is 12.2. The van der Waals surface area contributed by atoms with Gasteiger partial charge in [0, 0.05) is 22.3 Å². The van der Waals surface area contributed by atoms with Crippen molar-refractivity contribution in [3.63, 3.8) is 0 Å². The van der Waals surface area contributed by atoms with Gasteiger partial charge in [-0.1, -0.05) is 36.7 Å². The normalized spacial score (nSPS) is 35.7. The first-order valence-electron chi connectivity index (χ1n) is 9.04. The minimum atomic E-state index is -0.667. The molecule has 5 atom stereocenters. The lowest BCUT2D eigenvalue weighted by atomic mass is 9.69. The van der Waals surface area contributed by atoms with E-state index >= 15 is 0 Å². The molecule has 1 N–H and O–H groups in total. The number of hydrogen-bond acceptors (Lipinski definition) is 5. The van der Waals surface area contributed by atoms with Gasteiger partial charge in [0.2, 0.25) is 0 Å². The molecule has 5 nitrogen and oxygen atoms in total. The molecule has 0 saturated carbocycles. The van der Waals surface area contributed by atoms with E-state index in [1.807, 2.05) is 5.06 Å². The van der Waals surface area contributed by atoms with Gasteiger partial charge in [0.15, 0.2) is 6.10 Å². The van der Waals surface area contributed by atoms with E-state index in [1.165, 1.54) is 0 Å². The molecule has 0 amide bonds. The Balaban J connectivity index is 2.95. The number of ether oxygens (including phenoxy) is 1. The van der Waals surface area contributed by atoms with E-state index < -0.39 is 6.10 Å². The Morgan fingerprint density at radius 2 is 2.00 bits per heavy atom. The van der Waals surface area contributed by atoms with Gasteiger partial charge >= 0.3 is 5.97 Å². The second-order valence-corrected chi connectivity index (χ2v) is 8.17. The van der Waals surface area contributed by atoms with E-state index in [0.29, 0.717) is 13.0 Å². The predicted molar refractivity (Wildman–Crippen MR) is 98.9 cm³/mol. The number of hydrogen-bond donors (Lipinski definition) is 1. The van der Waals surface area contributed by atoms with Gasteiger partial charge in [0.1, 0.15) is 0 Å². The molecule has 6 heteroatoms. The second-order valence-electron chi connectivity index (χ2n) is 7.37. The summed E-state index contributed by atoms with van der Waals surface area (Å²) in [5.74, 6) is -0.287. The fourth-order valence-electron chi connectivity index (χ4n) is 3.47. The lowest BCUT2D eigenvalue weighted by Crippen LogP contribution is -2.68. The van der Waals surface area contributed by atoms with Crippen molar-refractivity contribution in [2.75, 3.05) is 11.9 Å². The summed E-state index contributed by atoms with van der Waals surface area (Å²) in [6, 6.07) is 0. The van der Waals surface area contributed by atoms with Crippen LogP contribution in [-0.2, 0) is 14.4 Å². The van der Waals surface area contributed by atoms with Crippen LogP contribution in [0, 0.1) is 5.92 Å². The predicted octanol–water partition coefficient (Wildman–Crippen LogP) is 3.67. The third-order valence-electron chi connectivity index (χ3n) is 5.76. The summed E-state index contributed by atoms with van der Waals surface area (Å²) in [7, 11) is 0. The van der Waals surface area contributed by atoms with Crippen LogP contribution in [0.2, 0.25) is 0 Å². The smallest absolute Gasteiger partial charge is 0.337 e. The number of hydroxylamine groups is 2. The number of aliphatic hydroxyl groups excluding tert-OH is 1. The molecule has 24 heavy (non-hydrogen) atoms. The van der Waals surface area contributed by atoms with Crippen LogP contribution in [0.15, 0.2) is 0 Å². The monoisotopic (exact) mass is 407 g/mol. The van der Waals surface area contributed by atoms with Crippen molar-refractivity contribution in [1.82, 2.24) is 5.06 Å². The SMILES string of the molecule is CCC1(C)CC(O)C(C)C(C)(CC)N1OC(C)C(=O)OCCCBr. The molecule has 1 heterocycles. The highest BCUT2D eigenvalue weighted by Crippen LogP contribution is 2.46. The highest BCUT2D eigenvalue weighted by Gasteiger charge is 2.54. The summed E-state index contributed by atoms with van der Waals surface area (Å²) in [5.41, 5.74) is -0.659. The number of carbonyl (C=O) groups is 1. The summed E-state index contributed by atoms with van der Waals surface area (Å²) < 4.78 is 5.27. The molecule has 142 valence electrons. The van der Waals surface area contributed by atoms with Crippen LogP contribution in [0.25, 0.3) is 0 Å². The Labute approximate surface area is 155 Å². The highest BCUT2D eigenvalue weighted by atomic mass is 79.9. The lowest BCUT2D eigenvalue weighted by molar-refractivity contribution is -0.331. The number of alkyl halides is 1. The third-order valence-corrected chi connectivity index (χ3v) is 6.32. The van der Waals surface area contributed by atoms with Crippen molar-refractivity contribution >= 4 is 21.9 Å². The van der Waals surface area contributed by atoms with Crippen molar-refractivity contribution in [2.24, 2.45) is 5.92 Å². The van der Waals surface area contributed by atoms with Crippen molar-refractivity contribution in [3.05, 3.63) is 0 Å². The van der Waals surface area contributed by atoms with E-state index in [0.717, 1.165) is 24.6 Å². The topological polar surface area (TPSA) is 59.0 Å². The van der Waals surface area contributed by atoms with E-state index in [-0.39, 0.29) is 29.1 Å². The first-order valence-corrected chi connectivity index (χ1v) is 10.2. The zero-order valence-corrected chi connectivity index (χ0v) is 17.6. The van der Waals surface area contributed by atoms with E-state index in [9.17, 15) is 9.90 Å². The number of piperidine rings is 1. The maximum atomic E-state index is 12.2. The summed E-state index contributed by atoms with van der Waals surface area (Å²) in [5, 5.41) is 13.3. The van der Waals surface area contributed by atoms with E-state index in [2.05, 4.69) is 50.5 Å². The standard InChI is InChI=1S/C18H34BrNO4/c1-7-17(5)12-15(21)13(3)18(6,8-2)20(17)24-14(4)16(22)23-11-9-10-19/h13-15,21H,7-12H2,1-6H3. The molecule has 0 spiro atoms. The number of nitrogens with zero attached hydrogens (tertiary/aromatic N) is 1. The number of carbonyl (C=O) groups excluding carboxylic acids is 1. The third kappa shape index (κ3) is 4.51. The van der Waals surface area contributed by atoms with Gasteiger partial charge in [-0.25, -0.2) is 4.79 Å². The zero-order chi connectivity index (χ0) is 18.5. The summed E-state index contributed by atoms with van der Waals surface area (Å²) in [6.45, 7) is 12.6. The fraction of sp³-hybridized carbons (Fsp3) is 0.944. The quantitative estimate of drug-likeness (QED) is 0.377. The molecule has 1 fully saturated rings. The Kier molecular flexibility index (Phi) is 8.17. The summed E-state index contributed by atoms with van der Waals surface area (Å²) >= 11 is 3.32. The van der Waals surface area contributed by atoms with Crippen molar-refractivity contribution in [1.29, 1.82) is 0 Å². The van der Waals surface area contributed by atoms with Crippen LogP contribution >= 0.6 is 15.9 Å². The number of halogens is 1. The molecule has 0 bridgehead atoms. The van der Waals surface area contributed by atoms with Crippen LogP contribution in [-0.4, -0.2) is 51.4 Å². The Morgan fingerprint density at radius 1 is 1.38 bits per heavy atom. The molecular formula is C18H34BrNO4. The van der Waals surface area contributed by atoms with Crippen molar-refractivity contribution < 1.29 is 19.5 Å². The average Bonchev–Trinajstić information content (AvgIpc) is 2.56. The Bertz CT molecular complexity index is 422. The maximum Gasteiger partial charge on any atom is 0.337 e. The van der Waals surface area contributed by atoms with Crippen LogP contribution in [0.4, 0.5) is 0 Å². The largest absolute Gasteiger partial charge is 0.464 e. The zero-order valence-electron chi connectivity index (χ0n) is 16.0. The Morgan fingerprint density at radius 3 is 2.50 bits per heavy atom. The van der Waals surface area contributed by atoms with Crippen molar-refractivity contribution in [3.8, 4) is 0 Å². The molecule has 1 rings (SSSR count). The molecule has 0 radical (unpaired) electrons. The summed E-state index contributed by atoms with van der Waals surface area (Å²) in [4.78, 5) is 18.3. The van der Waals surface area contributed by atoms with Gasteiger partial charge in [-0.2, -0.15) is 5.06 Å². The molecule has 5 unspecified atom stereocenters. The first-order chi connectivity index (χ1) is 11.2. The van der Waals surface area contributed by atoms with Crippen LogP contribution in [0.1, 0.15) is 67.2 Å². The van der Waals surface area contributed by atoms with E-state index in [1.54, 1.807) is 6.92 Å². The average molecular weight is 408 g/mol. The van der Waals surface area contributed by atoms with Crippen LogP contribution in [0.5, 0.6) is 0 Å². The highest BCUT2D eigenvalue weighted by molar-refractivity contribution is 9.09. The summed E-state index contributed by atoms with van der Waals surface area (Å²) in [6.07, 6.45) is 2.03. The molecule has 0 aliphatic carbocycles. The minimum absolute atomic E-state index is 0.0544. The second kappa shape index (κ2) is 8.97. The first kappa shape index (κ1) is 21.9. The van der Waals surface area contributed by atoms with Gasteiger partial charge in [-0.3, -0.25) is 4.84 Å². The molecule has 0 aromatic rings. The number of rotatable bonds is 8. The number of esters is 1. The minimum Gasteiger partial charge on any atom is -0.464 e. The molecule has 1 aliphatic heterocycles. The van der Waals surface area contributed by atoms with Crippen molar-refractivity contribution in [2.45, 2.75) is 90.5 Å². The van der Waals surface area contributed by atoms with Crippen LogP contribution < -0.4 is 0 Å². The molecule has 0 aromatic heterocycles. The Hall–Kier alpha value is -0.170.